The fourth-order valence-corrected chi connectivity index (χ4v) is 5.92. The van der Waals surface area contributed by atoms with Crippen molar-refractivity contribution in [1.82, 2.24) is 14.2 Å². The molecule has 1 saturated heterocycles. The van der Waals surface area contributed by atoms with Gasteiger partial charge in [-0.25, -0.2) is 12.7 Å². The van der Waals surface area contributed by atoms with Gasteiger partial charge in [0.05, 0.1) is 4.90 Å². The minimum absolute atomic E-state index is 0. The van der Waals surface area contributed by atoms with Crippen molar-refractivity contribution in [2.24, 2.45) is 0 Å². The van der Waals surface area contributed by atoms with Crippen LogP contribution in [0.15, 0.2) is 90.0 Å². The molecule has 0 amide bonds. The van der Waals surface area contributed by atoms with Crippen molar-refractivity contribution in [2.75, 3.05) is 33.2 Å². The van der Waals surface area contributed by atoms with Crippen LogP contribution < -0.4 is 0 Å². The van der Waals surface area contributed by atoms with Crippen LogP contribution in [-0.2, 0) is 10.0 Å². The first-order chi connectivity index (χ1) is 16.0. The zero-order valence-electron chi connectivity index (χ0n) is 19.7. The van der Waals surface area contributed by atoms with Crippen molar-refractivity contribution < 1.29 is 8.42 Å². The Morgan fingerprint density at radius 3 is 2.18 bits per heavy atom. The molecule has 0 radical (unpaired) electrons. The highest BCUT2D eigenvalue weighted by Gasteiger charge is 2.26. The summed E-state index contributed by atoms with van der Waals surface area (Å²) in [6.45, 7) is 3.51. The SMILES string of the molecule is CN(CC(CCN1CCC(c2ccccc2)CC1)c1ccccn1)S(=O)(=O)c1ccccc1.Cl. The zero-order valence-corrected chi connectivity index (χ0v) is 21.3. The lowest BCUT2D eigenvalue weighted by molar-refractivity contribution is 0.203. The van der Waals surface area contributed by atoms with E-state index in [2.05, 4.69) is 40.2 Å². The van der Waals surface area contributed by atoms with Gasteiger partial charge < -0.3 is 4.90 Å². The van der Waals surface area contributed by atoms with E-state index in [0.29, 0.717) is 17.4 Å². The number of hydrogen-bond donors (Lipinski definition) is 0. The molecule has 1 atom stereocenters. The molecule has 4 rings (SSSR count). The summed E-state index contributed by atoms with van der Waals surface area (Å²) in [7, 11) is -1.86. The lowest BCUT2D eigenvalue weighted by Gasteiger charge is -2.33. The Kier molecular flexibility index (Phi) is 9.65. The number of pyridine rings is 1. The number of aromatic nitrogens is 1. The van der Waals surface area contributed by atoms with Gasteiger partial charge in [-0.2, -0.15) is 0 Å². The lowest BCUT2D eigenvalue weighted by Crippen LogP contribution is -2.36. The molecule has 2 aromatic carbocycles. The number of hydrogen-bond acceptors (Lipinski definition) is 4. The predicted molar refractivity (Wildman–Crippen MR) is 140 cm³/mol. The third kappa shape index (κ3) is 6.66. The van der Waals surface area contributed by atoms with E-state index < -0.39 is 10.0 Å². The summed E-state index contributed by atoms with van der Waals surface area (Å²) in [5.41, 5.74) is 2.39. The van der Waals surface area contributed by atoms with Gasteiger partial charge in [-0.1, -0.05) is 54.6 Å². The van der Waals surface area contributed by atoms with Crippen molar-refractivity contribution in [3.8, 4) is 0 Å². The summed E-state index contributed by atoms with van der Waals surface area (Å²) >= 11 is 0. The van der Waals surface area contributed by atoms with Crippen molar-refractivity contribution >= 4 is 22.4 Å². The highest BCUT2D eigenvalue weighted by molar-refractivity contribution is 7.89. The fraction of sp³-hybridized carbons (Fsp3) is 0.370. The Bertz CT molecular complexity index is 1090. The van der Waals surface area contributed by atoms with Gasteiger partial charge in [0.1, 0.15) is 0 Å². The first-order valence-corrected chi connectivity index (χ1v) is 13.2. The molecule has 0 bridgehead atoms. The molecule has 1 fully saturated rings. The van der Waals surface area contributed by atoms with Crippen LogP contribution in [0, 0.1) is 0 Å². The average Bonchev–Trinajstić information content (AvgIpc) is 2.88. The number of halogens is 1. The van der Waals surface area contributed by atoms with Gasteiger partial charge in [0.15, 0.2) is 0 Å². The maximum atomic E-state index is 13.1. The number of sulfonamides is 1. The fourth-order valence-electron chi connectivity index (χ4n) is 4.68. The number of benzene rings is 2. The van der Waals surface area contributed by atoms with E-state index in [1.165, 1.54) is 22.7 Å². The summed E-state index contributed by atoms with van der Waals surface area (Å²) in [4.78, 5) is 7.41. The number of likely N-dealkylation sites (tertiary alicyclic amines) is 1. The predicted octanol–water partition coefficient (Wildman–Crippen LogP) is 5.18. The molecule has 1 unspecified atom stereocenters. The molecule has 1 aromatic heterocycles. The number of rotatable bonds is 9. The highest BCUT2D eigenvalue weighted by Crippen LogP contribution is 2.29. The smallest absolute Gasteiger partial charge is 0.242 e. The molecule has 5 nitrogen and oxygen atoms in total. The molecule has 0 saturated carbocycles. The van der Waals surface area contributed by atoms with Crippen LogP contribution in [0.5, 0.6) is 0 Å². The summed E-state index contributed by atoms with van der Waals surface area (Å²) in [6.07, 6.45) is 5.00. The molecule has 1 aliphatic heterocycles. The Labute approximate surface area is 210 Å². The van der Waals surface area contributed by atoms with Gasteiger partial charge in [0, 0.05) is 31.4 Å². The van der Waals surface area contributed by atoms with Crippen LogP contribution in [0.25, 0.3) is 0 Å². The largest absolute Gasteiger partial charge is 0.303 e. The van der Waals surface area contributed by atoms with E-state index in [1.807, 2.05) is 24.3 Å². The lowest BCUT2D eigenvalue weighted by atomic mass is 9.89. The van der Waals surface area contributed by atoms with E-state index in [0.717, 1.165) is 31.7 Å². The molecule has 0 spiro atoms. The van der Waals surface area contributed by atoms with E-state index in [4.69, 9.17) is 0 Å². The van der Waals surface area contributed by atoms with Gasteiger partial charge in [-0.3, -0.25) is 4.98 Å². The topological polar surface area (TPSA) is 53.5 Å². The first kappa shape index (κ1) is 26.4. The van der Waals surface area contributed by atoms with E-state index >= 15 is 0 Å². The standard InChI is InChI=1S/C27H33N3O2S.ClH/c1-29(33(31,32)26-12-6-3-7-13-26)22-25(27-14-8-9-18-28-27)17-21-30-19-15-24(16-20-30)23-10-4-2-5-11-23;/h2-14,18,24-25H,15-17,19-22H2,1H3;1H. The highest BCUT2D eigenvalue weighted by atomic mass is 35.5. The second-order valence-corrected chi connectivity index (χ2v) is 10.9. The van der Waals surface area contributed by atoms with Crippen LogP contribution >= 0.6 is 12.4 Å². The van der Waals surface area contributed by atoms with Crippen molar-refractivity contribution in [3.63, 3.8) is 0 Å². The van der Waals surface area contributed by atoms with Crippen molar-refractivity contribution in [1.29, 1.82) is 0 Å². The summed E-state index contributed by atoms with van der Waals surface area (Å²) < 4.78 is 27.6. The number of piperidine rings is 1. The van der Waals surface area contributed by atoms with Crippen molar-refractivity contribution in [3.05, 3.63) is 96.3 Å². The molecular formula is C27H34ClN3O2S. The molecule has 2 heterocycles. The first-order valence-electron chi connectivity index (χ1n) is 11.7. The Morgan fingerprint density at radius 2 is 1.56 bits per heavy atom. The van der Waals surface area contributed by atoms with Gasteiger partial charge in [0.2, 0.25) is 10.0 Å². The van der Waals surface area contributed by atoms with Crippen LogP contribution in [0.4, 0.5) is 0 Å². The average molecular weight is 500 g/mol. The molecule has 3 aromatic rings. The second kappa shape index (κ2) is 12.5. The third-order valence-electron chi connectivity index (χ3n) is 6.69. The van der Waals surface area contributed by atoms with Crippen LogP contribution in [-0.4, -0.2) is 55.8 Å². The second-order valence-electron chi connectivity index (χ2n) is 8.87. The normalized spacial score (nSPS) is 16.2. The molecular weight excluding hydrogens is 466 g/mol. The number of likely N-dealkylation sites (N-methyl/N-ethyl adjacent to an activating group) is 1. The monoisotopic (exact) mass is 499 g/mol. The Hall–Kier alpha value is -2.25. The summed E-state index contributed by atoms with van der Waals surface area (Å²) in [5, 5.41) is 0. The number of nitrogens with zero attached hydrogens (tertiary/aromatic N) is 3. The van der Waals surface area contributed by atoms with Crippen LogP contribution in [0.3, 0.4) is 0 Å². The van der Waals surface area contributed by atoms with Gasteiger partial charge in [-0.05, 0) is 74.6 Å². The molecule has 0 aliphatic carbocycles. The van der Waals surface area contributed by atoms with Crippen molar-refractivity contribution in [2.45, 2.75) is 36.0 Å². The molecule has 0 N–H and O–H groups in total. The summed E-state index contributed by atoms with van der Waals surface area (Å²) in [6, 6.07) is 25.3. The minimum Gasteiger partial charge on any atom is -0.303 e. The maximum Gasteiger partial charge on any atom is 0.242 e. The third-order valence-corrected chi connectivity index (χ3v) is 8.52. The maximum absolute atomic E-state index is 13.1. The quantitative estimate of drug-likeness (QED) is 0.407. The summed E-state index contributed by atoms with van der Waals surface area (Å²) in [5.74, 6) is 0.678. The molecule has 182 valence electrons. The Morgan fingerprint density at radius 1 is 0.941 bits per heavy atom. The van der Waals surface area contributed by atoms with Gasteiger partial charge >= 0.3 is 0 Å². The van der Waals surface area contributed by atoms with E-state index in [9.17, 15) is 8.42 Å². The van der Waals surface area contributed by atoms with Crippen LogP contribution in [0.1, 0.15) is 42.4 Å². The zero-order chi connectivity index (χ0) is 23.1. The van der Waals surface area contributed by atoms with Crippen LogP contribution in [0.2, 0.25) is 0 Å². The molecule has 1 aliphatic rings. The molecule has 34 heavy (non-hydrogen) atoms. The van der Waals surface area contributed by atoms with Gasteiger partial charge in [0.25, 0.3) is 0 Å². The molecule has 7 heteroatoms. The van der Waals surface area contributed by atoms with Gasteiger partial charge in [-0.15, -0.1) is 12.4 Å². The Balaban J connectivity index is 0.00000324. The van der Waals surface area contributed by atoms with E-state index in [-0.39, 0.29) is 18.3 Å². The minimum atomic E-state index is -3.53. The van der Waals surface area contributed by atoms with E-state index in [1.54, 1.807) is 37.5 Å².